The molecule has 0 fully saturated rings. The zero-order chi connectivity index (χ0) is 34.8. The monoisotopic (exact) mass is 658 g/mol. The molecule has 8 bridgehead atoms. The van der Waals surface area contributed by atoms with Crippen molar-refractivity contribution in [2.24, 2.45) is 0 Å². The Morgan fingerprint density at radius 3 is 1.42 bits per heavy atom. The molecule has 0 aliphatic carbocycles. The molecule has 7 heterocycles. The van der Waals surface area contributed by atoms with Gasteiger partial charge in [-0.15, -0.1) is 0 Å². The van der Waals surface area contributed by atoms with Crippen LogP contribution < -0.4 is 9.13 Å². The normalized spacial score (nSPS) is 12.9. The van der Waals surface area contributed by atoms with Gasteiger partial charge in [-0.3, -0.25) is 0 Å². The van der Waals surface area contributed by atoms with Crippen LogP contribution in [-0.2, 0) is 13.1 Å². The molecular weight excluding hydrogens is 613 g/mol. The molecule has 0 unspecified atom stereocenters. The number of aromatic nitrogens is 6. The number of pyridine rings is 2. The largest absolute Gasteiger partial charge is 0.355 e. The van der Waals surface area contributed by atoms with Crippen LogP contribution in [0.4, 0.5) is 0 Å². The highest BCUT2D eigenvalue weighted by Crippen LogP contribution is 2.38. The number of allylic oxidation sites excluding steroid dienone is 4. The summed E-state index contributed by atoms with van der Waals surface area (Å²) in [4.78, 5) is 18.1. The van der Waals surface area contributed by atoms with Crippen LogP contribution in [0.2, 0.25) is 0 Å². The fourth-order valence-corrected chi connectivity index (χ4v) is 7.35. The standard InChI is InChI=1S/C44H46N6/c1-7-33-29(3)37-25-38-31(5)35(17-15-23-49-19-11-9-12-20-49)43(47-38)28-44-36(18-16-24-50-21-13-10-14-22-50)32(6)40(48-44)27-42-34(8-2)30(4)39(46-42)26-41(33)45-37/h7-14,19-22,25-28,45-46H,1-2,15-18,23-24H2,3-6H3/q+2. The predicted octanol–water partition coefficient (Wildman–Crippen LogP) is 9.61. The van der Waals surface area contributed by atoms with Crippen molar-refractivity contribution in [1.82, 2.24) is 19.9 Å². The molecule has 0 atom stereocenters. The summed E-state index contributed by atoms with van der Waals surface area (Å²) in [5.74, 6) is 0. The summed E-state index contributed by atoms with van der Waals surface area (Å²) in [6.07, 6.45) is 16.3. The van der Waals surface area contributed by atoms with Gasteiger partial charge in [-0.2, -0.15) is 0 Å². The number of rotatable bonds is 10. The van der Waals surface area contributed by atoms with Crippen LogP contribution >= 0.6 is 0 Å². The average Bonchev–Trinajstić information content (AvgIpc) is 3.79. The number of fused-ring (bicyclic) bond motifs is 8. The first-order valence-corrected chi connectivity index (χ1v) is 17.6. The number of nitrogens with one attached hydrogen (secondary N) is 2. The molecule has 0 saturated carbocycles. The Hall–Kier alpha value is -5.62. The number of H-pyrrole nitrogens is 2. The van der Waals surface area contributed by atoms with E-state index in [4.69, 9.17) is 9.97 Å². The summed E-state index contributed by atoms with van der Waals surface area (Å²) in [6, 6.07) is 21.3. The first-order chi connectivity index (χ1) is 24.3. The van der Waals surface area contributed by atoms with E-state index in [1.165, 1.54) is 22.3 Å². The second kappa shape index (κ2) is 14.1. The molecular formula is C44H46N6+2. The molecule has 250 valence electrons. The van der Waals surface area contributed by atoms with Gasteiger partial charge in [0.2, 0.25) is 0 Å². The Morgan fingerprint density at radius 1 is 0.540 bits per heavy atom. The summed E-state index contributed by atoms with van der Waals surface area (Å²) in [6.45, 7) is 19.0. The molecule has 6 nitrogen and oxygen atoms in total. The molecule has 0 aromatic carbocycles. The Labute approximate surface area is 295 Å². The minimum Gasteiger partial charge on any atom is -0.355 e. The van der Waals surface area contributed by atoms with Gasteiger partial charge in [0.05, 0.1) is 22.8 Å². The number of hydrogen-bond acceptors (Lipinski definition) is 2. The van der Waals surface area contributed by atoms with Crippen molar-refractivity contribution in [3.05, 3.63) is 144 Å². The smallest absolute Gasteiger partial charge is 0.168 e. The first-order valence-electron chi connectivity index (χ1n) is 17.6. The third-order valence-electron chi connectivity index (χ3n) is 10.3. The fourth-order valence-electron chi connectivity index (χ4n) is 7.35. The van der Waals surface area contributed by atoms with Crippen molar-refractivity contribution in [3.63, 3.8) is 0 Å². The summed E-state index contributed by atoms with van der Waals surface area (Å²) in [5, 5.41) is 0. The van der Waals surface area contributed by atoms with Crippen LogP contribution in [0.5, 0.6) is 0 Å². The second-order valence-corrected chi connectivity index (χ2v) is 13.4. The van der Waals surface area contributed by atoms with Gasteiger partial charge in [-0.25, -0.2) is 19.1 Å². The van der Waals surface area contributed by atoms with Crippen molar-refractivity contribution in [2.75, 3.05) is 0 Å². The molecule has 2 aliphatic heterocycles. The minimum absolute atomic E-state index is 0.921. The molecule has 5 aromatic heterocycles. The maximum Gasteiger partial charge on any atom is 0.168 e. The molecule has 2 N–H and O–H groups in total. The van der Waals surface area contributed by atoms with Gasteiger partial charge in [0, 0.05) is 70.3 Å². The van der Waals surface area contributed by atoms with Crippen molar-refractivity contribution in [1.29, 1.82) is 0 Å². The molecule has 0 amide bonds. The SMILES string of the molecule is C=Cc1c(C)c2cc3[nH]c(cc4nc(cc5nc(cc1[nH]2)C(C)=C5CCC[n+]1ccccc1)C(CCC[n+]1ccccc1)=C4C)c(C)c3C=C. The predicted molar refractivity (Wildman–Crippen MR) is 207 cm³/mol. The number of aryl methyl sites for hydroxylation is 4. The van der Waals surface area contributed by atoms with E-state index in [-0.39, 0.29) is 0 Å². The lowest BCUT2D eigenvalue weighted by Crippen LogP contribution is -2.32. The Bertz CT molecular complexity index is 2330. The van der Waals surface area contributed by atoms with E-state index in [1.807, 2.05) is 12.2 Å². The molecule has 0 radical (unpaired) electrons. The molecule has 6 heteroatoms. The Kier molecular flexibility index (Phi) is 9.27. The third kappa shape index (κ3) is 6.41. The van der Waals surface area contributed by atoms with Gasteiger partial charge in [0.25, 0.3) is 0 Å². The highest BCUT2D eigenvalue weighted by molar-refractivity contribution is 5.96. The molecule has 50 heavy (non-hydrogen) atoms. The molecule has 0 saturated heterocycles. The summed E-state index contributed by atoms with van der Waals surface area (Å²) < 4.78 is 4.50. The van der Waals surface area contributed by atoms with Gasteiger partial charge in [0.1, 0.15) is 13.1 Å². The maximum atomic E-state index is 5.33. The lowest BCUT2D eigenvalue weighted by Gasteiger charge is -2.06. The van der Waals surface area contributed by atoms with Crippen molar-refractivity contribution in [3.8, 4) is 0 Å². The lowest BCUT2D eigenvalue weighted by molar-refractivity contribution is -0.697. The van der Waals surface area contributed by atoms with E-state index in [1.54, 1.807) is 0 Å². The zero-order valence-electron chi connectivity index (χ0n) is 29.7. The Morgan fingerprint density at radius 2 is 0.960 bits per heavy atom. The van der Waals surface area contributed by atoms with E-state index < -0.39 is 0 Å². The third-order valence-corrected chi connectivity index (χ3v) is 10.3. The van der Waals surface area contributed by atoms with Crippen molar-refractivity contribution < 1.29 is 9.13 Å². The van der Waals surface area contributed by atoms with Gasteiger partial charge >= 0.3 is 0 Å². The van der Waals surface area contributed by atoms with Crippen LogP contribution in [-0.4, -0.2) is 19.9 Å². The number of hydrogen-bond donors (Lipinski definition) is 2. The van der Waals surface area contributed by atoms with Gasteiger partial charge in [-0.05, 0) is 98.2 Å². The highest BCUT2D eigenvalue weighted by atomic mass is 14.9. The summed E-state index contributed by atoms with van der Waals surface area (Å²) in [7, 11) is 0. The van der Waals surface area contributed by atoms with Crippen LogP contribution in [0.15, 0.2) is 98.6 Å². The maximum absolute atomic E-state index is 5.33. The molecule has 2 aliphatic rings. The van der Waals surface area contributed by atoms with Crippen LogP contribution in [0.1, 0.15) is 84.6 Å². The van der Waals surface area contributed by atoms with E-state index in [2.05, 4.69) is 145 Å². The second-order valence-electron chi connectivity index (χ2n) is 13.4. The molecule has 5 aromatic rings. The lowest BCUT2D eigenvalue weighted by atomic mass is 9.98. The summed E-state index contributed by atoms with van der Waals surface area (Å²) in [5.41, 5.74) is 17.5. The summed E-state index contributed by atoms with van der Waals surface area (Å²) >= 11 is 0. The van der Waals surface area contributed by atoms with E-state index in [0.717, 1.165) is 106 Å². The topological polar surface area (TPSA) is 65.1 Å². The molecule has 0 spiro atoms. The first kappa shape index (κ1) is 32.9. The van der Waals surface area contributed by atoms with Gasteiger partial charge in [0.15, 0.2) is 24.8 Å². The zero-order valence-corrected chi connectivity index (χ0v) is 29.7. The van der Waals surface area contributed by atoms with Crippen LogP contribution in [0, 0.1) is 13.8 Å². The van der Waals surface area contributed by atoms with Crippen molar-refractivity contribution >= 4 is 56.5 Å². The molecule has 7 rings (SSSR count). The quantitative estimate of drug-likeness (QED) is 0.147. The number of aromatic amines is 2. The van der Waals surface area contributed by atoms with Gasteiger partial charge in [-0.1, -0.05) is 37.4 Å². The Balaban J connectivity index is 1.43. The number of nitrogens with zero attached hydrogens (tertiary/aromatic N) is 4. The highest BCUT2D eigenvalue weighted by Gasteiger charge is 2.22. The van der Waals surface area contributed by atoms with E-state index >= 15 is 0 Å². The van der Waals surface area contributed by atoms with Crippen molar-refractivity contribution in [2.45, 2.75) is 66.5 Å². The average molecular weight is 659 g/mol. The van der Waals surface area contributed by atoms with Gasteiger partial charge < -0.3 is 9.97 Å². The van der Waals surface area contributed by atoms with Crippen LogP contribution in [0.3, 0.4) is 0 Å². The van der Waals surface area contributed by atoms with Crippen LogP contribution in [0.25, 0.3) is 56.5 Å². The van der Waals surface area contributed by atoms with E-state index in [9.17, 15) is 0 Å². The van der Waals surface area contributed by atoms with E-state index in [0.29, 0.717) is 0 Å². The minimum atomic E-state index is 0.921. The fraction of sp³-hybridized carbons (Fsp3) is 0.227.